The van der Waals surface area contributed by atoms with Gasteiger partial charge in [0.25, 0.3) is 0 Å². The Bertz CT molecular complexity index is 429. The lowest BCUT2D eigenvalue weighted by Gasteiger charge is -1.97. The zero-order valence-electron chi connectivity index (χ0n) is 8.28. The van der Waals surface area contributed by atoms with E-state index in [1.165, 1.54) is 13.2 Å². The quantitative estimate of drug-likeness (QED) is 0.309. The lowest BCUT2D eigenvalue weighted by atomic mass is 10.2. The van der Waals surface area contributed by atoms with E-state index in [1.54, 1.807) is 12.1 Å². The van der Waals surface area contributed by atoms with Gasteiger partial charge < -0.3 is 15.6 Å². The van der Waals surface area contributed by atoms with Crippen LogP contribution in [0.1, 0.15) is 12.0 Å². The van der Waals surface area contributed by atoms with Crippen molar-refractivity contribution in [3.8, 4) is 17.6 Å². The lowest BCUT2D eigenvalue weighted by Crippen LogP contribution is -1.97. The summed E-state index contributed by atoms with van der Waals surface area (Å²) >= 11 is 0. The molecule has 0 aromatic heterocycles. The zero-order chi connectivity index (χ0) is 11.3. The molecule has 0 bridgehead atoms. The Kier molecular flexibility index (Phi) is 3.58. The van der Waals surface area contributed by atoms with Crippen LogP contribution in [0.2, 0.25) is 0 Å². The van der Waals surface area contributed by atoms with Crippen LogP contribution in [0.25, 0.3) is 0 Å². The van der Waals surface area contributed by atoms with Crippen molar-refractivity contribution in [1.82, 2.24) is 0 Å². The molecule has 0 radical (unpaired) electrons. The molecule has 1 rings (SSSR count). The molecule has 0 saturated heterocycles. The maximum atomic E-state index is 10.7. The molecule has 0 atom stereocenters. The van der Waals surface area contributed by atoms with Crippen molar-refractivity contribution in [3.05, 3.63) is 23.8 Å². The monoisotopic (exact) mass is 205 g/mol. The summed E-state index contributed by atoms with van der Waals surface area (Å²) < 4.78 is 4.42. The minimum absolute atomic E-state index is 0.0218. The van der Waals surface area contributed by atoms with E-state index in [1.807, 2.05) is 0 Å². The minimum atomic E-state index is -0.380. The van der Waals surface area contributed by atoms with Gasteiger partial charge in [-0.15, -0.1) is 0 Å². The summed E-state index contributed by atoms with van der Waals surface area (Å²) in [4.78, 5) is 10.7. The number of ether oxygens (including phenoxy) is 1. The number of methoxy groups -OCH3 is 1. The molecule has 0 unspecified atom stereocenters. The van der Waals surface area contributed by atoms with Crippen LogP contribution in [0.5, 0.6) is 5.75 Å². The highest BCUT2D eigenvalue weighted by Gasteiger charge is 1.96. The number of benzene rings is 1. The van der Waals surface area contributed by atoms with E-state index in [2.05, 4.69) is 16.6 Å². The summed E-state index contributed by atoms with van der Waals surface area (Å²) in [5.41, 5.74) is 6.38. The summed E-state index contributed by atoms with van der Waals surface area (Å²) in [7, 11) is 1.31. The van der Waals surface area contributed by atoms with Crippen LogP contribution in [0.3, 0.4) is 0 Å². The number of esters is 1. The molecule has 4 heteroatoms. The van der Waals surface area contributed by atoms with Gasteiger partial charge in [-0.2, -0.15) is 0 Å². The molecule has 15 heavy (non-hydrogen) atoms. The zero-order valence-corrected chi connectivity index (χ0v) is 8.28. The Morgan fingerprint density at radius 3 is 2.93 bits per heavy atom. The number of anilines is 1. The number of hydrogen-bond donors (Lipinski definition) is 2. The van der Waals surface area contributed by atoms with Gasteiger partial charge in [-0.1, -0.05) is 11.8 Å². The molecule has 0 aliphatic heterocycles. The van der Waals surface area contributed by atoms with Gasteiger partial charge in [0.05, 0.1) is 12.8 Å². The van der Waals surface area contributed by atoms with E-state index in [0.717, 1.165) is 0 Å². The van der Waals surface area contributed by atoms with E-state index in [0.29, 0.717) is 5.56 Å². The number of nitrogens with two attached hydrogens (primary N) is 1. The molecule has 0 amide bonds. The van der Waals surface area contributed by atoms with Gasteiger partial charge in [-0.3, -0.25) is 4.79 Å². The first-order valence-corrected chi connectivity index (χ1v) is 4.27. The molecule has 1 aromatic carbocycles. The number of aromatic hydroxyl groups is 1. The van der Waals surface area contributed by atoms with Crippen LogP contribution < -0.4 is 5.73 Å². The normalized spacial score (nSPS) is 8.87. The predicted octanol–water partition coefficient (Wildman–Crippen LogP) is 0.889. The largest absolute Gasteiger partial charge is 0.506 e. The maximum Gasteiger partial charge on any atom is 0.317 e. The number of phenols is 1. The van der Waals surface area contributed by atoms with Crippen molar-refractivity contribution in [2.45, 2.75) is 6.42 Å². The average molecular weight is 205 g/mol. The number of rotatable bonds is 1. The summed E-state index contributed by atoms with van der Waals surface area (Å²) in [6.07, 6.45) is 0.0390. The lowest BCUT2D eigenvalue weighted by molar-refractivity contribution is -0.139. The highest BCUT2D eigenvalue weighted by Crippen LogP contribution is 2.19. The van der Waals surface area contributed by atoms with Crippen LogP contribution in [0.4, 0.5) is 5.69 Å². The van der Waals surface area contributed by atoms with E-state index in [9.17, 15) is 4.79 Å². The fourth-order valence-corrected chi connectivity index (χ4v) is 0.923. The molecule has 1 aromatic rings. The van der Waals surface area contributed by atoms with Crippen LogP contribution in [-0.4, -0.2) is 18.2 Å². The van der Waals surface area contributed by atoms with Crippen molar-refractivity contribution >= 4 is 11.7 Å². The van der Waals surface area contributed by atoms with Gasteiger partial charge in [-0.25, -0.2) is 0 Å². The number of nitrogen functional groups attached to an aromatic ring is 1. The van der Waals surface area contributed by atoms with Crippen LogP contribution in [0.15, 0.2) is 18.2 Å². The Morgan fingerprint density at radius 2 is 2.33 bits per heavy atom. The second-order valence-electron chi connectivity index (χ2n) is 2.83. The van der Waals surface area contributed by atoms with Gasteiger partial charge in [0.2, 0.25) is 0 Å². The molecule has 78 valence electrons. The van der Waals surface area contributed by atoms with E-state index >= 15 is 0 Å². The molecule has 0 fully saturated rings. The fourth-order valence-electron chi connectivity index (χ4n) is 0.923. The topological polar surface area (TPSA) is 72.5 Å². The Hall–Kier alpha value is -2.15. The van der Waals surface area contributed by atoms with Crippen molar-refractivity contribution in [3.63, 3.8) is 0 Å². The smallest absolute Gasteiger partial charge is 0.317 e. The average Bonchev–Trinajstić information content (AvgIpc) is 2.23. The maximum absolute atomic E-state index is 10.7. The van der Waals surface area contributed by atoms with Crippen LogP contribution in [0, 0.1) is 11.8 Å². The van der Waals surface area contributed by atoms with Crippen molar-refractivity contribution < 1.29 is 14.6 Å². The first-order chi connectivity index (χ1) is 7.13. The van der Waals surface area contributed by atoms with Crippen LogP contribution >= 0.6 is 0 Å². The molecule has 0 aliphatic carbocycles. The molecule has 0 heterocycles. The third-order valence-electron chi connectivity index (χ3n) is 1.72. The highest BCUT2D eigenvalue weighted by atomic mass is 16.5. The molecule has 0 spiro atoms. The van der Waals surface area contributed by atoms with E-state index in [-0.39, 0.29) is 23.8 Å². The second-order valence-corrected chi connectivity index (χ2v) is 2.83. The molecule has 4 nitrogen and oxygen atoms in total. The third kappa shape index (κ3) is 3.24. The van der Waals surface area contributed by atoms with Crippen LogP contribution in [-0.2, 0) is 9.53 Å². The van der Waals surface area contributed by atoms with Gasteiger partial charge in [0.1, 0.15) is 12.2 Å². The molecule has 0 aliphatic rings. The molecular weight excluding hydrogens is 194 g/mol. The molecular formula is C11H11NO3. The molecule has 0 saturated carbocycles. The second kappa shape index (κ2) is 4.91. The van der Waals surface area contributed by atoms with E-state index in [4.69, 9.17) is 10.8 Å². The Morgan fingerprint density at radius 1 is 1.60 bits per heavy atom. The van der Waals surface area contributed by atoms with Crippen molar-refractivity contribution in [1.29, 1.82) is 0 Å². The Labute approximate surface area is 87.7 Å². The predicted molar refractivity (Wildman–Crippen MR) is 56.0 cm³/mol. The SMILES string of the molecule is COC(=O)CC#Cc1ccc(O)c(N)c1. The first kappa shape index (κ1) is 10.9. The summed E-state index contributed by atoms with van der Waals surface area (Å²) in [5.74, 6) is 5.01. The number of carbonyl (C=O) groups excluding carboxylic acids is 1. The van der Waals surface area contributed by atoms with Gasteiger partial charge in [-0.05, 0) is 18.2 Å². The number of carbonyl (C=O) groups is 1. The van der Waals surface area contributed by atoms with Gasteiger partial charge in [0, 0.05) is 5.56 Å². The molecule has 3 N–H and O–H groups in total. The van der Waals surface area contributed by atoms with Gasteiger partial charge in [0.15, 0.2) is 0 Å². The number of phenolic OH excluding ortho intramolecular Hbond substituents is 1. The summed E-state index contributed by atoms with van der Waals surface area (Å²) in [6, 6.07) is 4.62. The van der Waals surface area contributed by atoms with Gasteiger partial charge >= 0.3 is 5.97 Å². The summed E-state index contributed by atoms with van der Waals surface area (Å²) in [6.45, 7) is 0. The van der Waals surface area contributed by atoms with Crippen molar-refractivity contribution in [2.75, 3.05) is 12.8 Å². The summed E-state index contributed by atoms with van der Waals surface area (Å²) in [5, 5.41) is 9.15. The fraction of sp³-hybridized carbons (Fsp3) is 0.182. The Balaban J connectivity index is 2.72. The highest BCUT2D eigenvalue weighted by molar-refractivity contribution is 5.72. The third-order valence-corrected chi connectivity index (χ3v) is 1.72. The minimum Gasteiger partial charge on any atom is -0.506 e. The van der Waals surface area contributed by atoms with E-state index < -0.39 is 0 Å². The first-order valence-electron chi connectivity index (χ1n) is 4.27. The van der Waals surface area contributed by atoms with Crippen molar-refractivity contribution in [2.24, 2.45) is 0 Å². The number of hydrogen-bond acceptors (Lipinski definition) is 4. The standard InChI is InChI=1S/C11H11NO3/c1-15-11(14)4-2-3-8-5-6-10(13)9(12)7-8/h5-7,13H,4,12H2,1H3.